The van der Waals surface area contributed by atoms with Gasteiger partial charge >= 0.3 is 5.97 Å². The SMILES string of the molecule is C[C@@H]1CN(C2CN3CCC2CC3)C[C@H]1C(=O)O. The molecule has 4 heterocycles. The summed E-state index contributed by atoms with van der Waals surface area (Å²) in [5.74, 6) is 0.370. The van der Waals surface area contributed by atoms with Gasteiger partial charge in [-0.2, -0.15) is 0 Å². The molecule has 1 unspecified atom stereocenters. The largest absolute Gasteiger partial charge is 0.481 e. The van der Waals surface area contributed by atoms with Crippen molar-refractivity contribution in [3.05, 3.63) is 0 Å². The zero-order chi connectivity index (χ0) is 12.0. The molecule has 0 aromatic carbocycles. The summed E-state index contributed by atoms with van der Waals surface area (Å²) in [5, 5.41) is 9.19. The fourth-order valence-corrected chi connectivity index (χ4v) is 3.94. The fraction of sp³-hybridized carbons (Fsp3) is 0.923. The Morgan fingerprint density at radius 2 is 1.88 bits per heavy atom. The molecule has 2 bridgehead atoms. The Bertz CT molecular complexity index is 313. The highest BCUT2D eigenvalue weighted by Crippen LogP contribution is 2.35. The first-order valence-corrected chi connectivity index (χ1v) is 6.84. The number of likely N-dealkylation sites (tertiary alicyclic amines) is 1. The van der Waals surface area contributed by atoms with Crippen LogP contribution in [0.1, 0.15) is 19.8 Å². The van der Waals surface area contributed by atoms with Gasteiger partial charge in [0.15, 0.2) is 0 Å². The predicted molar refractivity (Wildman–Crippen MR) is 64.8 cm³/mol. The summed E-state index contributed by atoms with van der Waals surface area (Å²) in [4.78, 5) is 16.2. The Morgan fingerprint density at radius 1 is 1.18 bits per heavy atom. The summed E-state index contributed by atoms with van der Waals surface area (Å²) in [6.45, 7) is 7.52. The van der Waals surface area contributed by atoms with Crippen molar-refractivity contribution in [1.82, 2.24) is 9.80 Å². The van der Waals surface area contributed by atoms with Crippen molar-refractivity contribution in [2.75, 3.05) is 32.7 Å². The summed E-state index contributed by atoms with van der Waals surface area (Å²) in [7, 11) is 0. The third-order valence-corrected chi connectivity index (χ3v) is 5.05. The van der Waals surface area contributed by atoms with Crippen LogP contribution >= 0.6 is 0 Å². The molecule has 0 aromatic heterocycles. The Hall–Kier alpha value is -0.610. The lowest BCUT2D eigenvalue weighted by atomic mass is 9.83. The van der Waals surface area contributed by atoms with E-state index in [4.69, 9.17) is 0 Å². The van der Waals surface area contributed by atoms with E-state index in [0.29, 0.717) is 12.0 Å². The zero-order valence-electron chi connectivity index (χ0n) is 10.5. The lowest BCUT2D eigenvalue weighted by molar-refractivity contribution is -0.142. The van der Waals surface area contributed by atoms with E-state index in [1.54, 1.807) is 0 Å². The molecule has 4 fully saturated rings. The van der Waals surface area contributed by atoms with Crippen molar-refractivity contribution in [3.8, 4) is 0 Å². The molecule has 4 aliphatic heterocycles. The van der Waals surface area contributed by atoms with Gasteiger partial charge in [-0.15, -0.1) is 0 Å². The molecule has 0 aliphatic carbocycles. The predicted octanol–water partition coefficient (Wildman–Crippen LogP) is 0.733. The van der Waals surface area contributed by atoms with Crippen LogP contribution in [-0.4, -0.2) is 59.6 Å². The van der Waals surface area contributed by atoms with Crippen molar-refractivity contribution in [2.24, 2.45) is 17.8 Å². The van der Waals surface area contributed by atoms with Gasteiger partial charge in [-0.05, 0) is 37.8 Å². The van der Waals surface area contributed by atoms with Crippen LogP contribution in [0.5, 0.6) is 0 Å². The Morgan fingerprint density at radius 3 is 2.35 bits per heavy atom. The van der Waals surface area contributed by atoms with Crippen molar-refractivity contribution >= 4 is 5.97 Å². The summed E-state index contributed by atoms with van der Waals surface area (Å²) in [6, 6.07) is 0.629. The smallest absolute Gasteiger partial charge is 0.308 e. The first-order valence-electron chi connectivity index (χ1n) is 6.84. The van der Waals surface area contributed by atoms with E-state index in [1.165, 1.54) is 32.5 Å². The summed E-state index contributed by atoms with van der Waals surface area (Å²) >= 11 is 0. The van der Waals surface area contributed by atoms with E-state index in [2.05, 4.69) is 16.7 Å². The van der Waals surface area contributed by atoms with E-state index < -0.39 is 5.97 Å². The number of piperidine rings is 3. The monoisotopic (exact) mass is 238 g/mol. The van der Waals surface area contributed by atoms with Crippen LogP contribution in [0, 0.1) is 17.8 Å². The van der Waals surface area contributed by atoms with Crippen molar-refractivity contribution in [2.45, 2.75) is 25.8 Å². The van der Waals surface area contributed by atoms with Gasteiger partial charge < -0.3 is 10.0 Å². The third kappa shape index (κ3) is 1.97. The Kier molecular flexibility index (Phi) is 2.87. The van der Waals surface area contributed by atoms with Crippen LogP contribution in [0.3, 0.4) is 0 Å². The molecular formula is C13H22N2O2. The molecule has 4 saturated heterocycles. The number of nitrogens with zero attached hydrogens (tertiary/aromatic N) is 2. The Balaban J connectivity index is 1.68. The average molecular weight is 238 g/mol. The first-order chi connectivity index (χ1) is 8.15. The lowest BCUT2D eigenvalue weighted by Crippen LogP contribution is -2.56. The van der Waals surface area contributed by atoms with Gasteiger partial charge in [-0.1, -0.05) is 6.92 Å². The molecule has 3 atom stereocenters. The molecular weight excluding hydrogens is 216 g/mol. The molecule has 1 N–H and O–H groups in total. The van der Waals surface area contributed by atoms with E-state index in [1.807, 2.05) is 0 Å². The number of rotatable bonds is 2. The third-order valence-electron chi connectivity index (χ3n) is 5.05. The minimum Gasteiger partial charge on any atom is -0.481 e. The van der Waals surface area contributed by atoms with Gasteiger partial charge in [0.25, 0.3) is 0 Å². The molecule has 96 valence electrons. The van der Waals surface area contributed by atoms with Gasteiger partial charge in [0, 0.05) is 25.7 Å². The minimum absolute atomic E-state index is 0.148. The molecule has 0 aromatic rings. The number of carboxylic acid groups (broad SMARTS) is 1. The number of carbonyl (C=O) groups is 1. The van der Waals surface area contributed by atoms with Gasteiger partial charge in [0.1, 0.15) is 0 Å². The summed E-state index contributed by atoms with van der Waals surface area (Å²) in [5.41, 5.74) is 0. The molecule has 4 rings (SSSR count). The maximum atomic E-state index is 11.2. The van der Waals surface area contributed by atoms with E-state index in [9.17, 15) is 9.90 Å². The maximum Gasteiger partial charge on any atom is 0.308 e. The fourth-order valence-electron chi connectivity index (χ4n) is 3.94. The number of hydrogen-bond acceptors (Lipinski definition) is 3. The highest BCUT2D eigenvalue weighted by molar-refractivity contribution is 5.71. The minimum atomic E-state index is -0.610. The standard InChI is InChI=1S/C13H22N2O2/c1-9-6-15(7-11(9)13(16)17)12-8-14-4-2-10(12)3-5-14/h9-12H,2-8H2,1H3,(H,16,17)/t9-,11-,12?/m1/s1. The quantitative estimate of drug-likeness (QED) is 0.770. The van der Waals surface area contributed by atoms with Crippen LogP contribution in [0.4, 0.5) is 0 Å². The second kappa shape index (κ2) is 4.25. The maximum absolute atomic E-state index is 11.2. The van der Waals surface area contributed by atoms with E-state index in [0.717, 1.165) is 19.0 Å². The van der Waals surface area contributed by atoms with E-state index in [-0.39, 0.29) is 5.92 Å². The number of aliphatic carboxylic acids is 1. The van der Waals surface area contributed by atoms with Gasteiger partial charge in [-0.3, -0.25) is 9.69 Å². The molecule has 4 heteroatoms. The lowest BCUT2D eigenvalue weighted by Gasteiger charge is -2.48. The van der Waals surface area contributed by atoms with Gasteiger partial charge in [0.05, 0.1) is 5.92 Å². The number of carboxylic acids is 1. The van der Waals surface area contributed by atoms with E-state index >= 15 is 0 Å². The molecule has 17 heavy (non-hydrogen) atoms. The highest BCUT2D eigenvalue weighted by Gasteiger charge is 2.43. The highest BCUT2D eigenvalue weighted by atomic mass is 16.4. The second-order valence-corrected chi connectivity index (χ2v) is 6.08. The van der Waals surface area contributed by atoms with Crippen LogP contribution in [0.25, 0.3) is 0 Å². The summed E-state index contributed by atoms with van der Waals surface area (Å²) < 4.78 is 0. The van der Waals surface area contributed by atoms with Crippen LogP contribution in [0.2, 0.25) is 0 Å². The first kappa shape index (κ1) is 11.5. The summed E-state index contributed by atoms with van der Waals surface area (Å²) in [6.07, 6.45) is 2.63. The van der Waals surface area contributed by atoms with Crippen molar-refractivity contribution in [1.29, 1.82) is 0 Å². The van der Waals surface area contributed by atoms with Crippen molar-refractivity contribution in [3.63, 3.8) is 0 Å². The number of fused-ring (bicyclic) bond motifs is 3. The molecule has 4 aliphatic rings. The normalized spacial score (nSPS) is 46.3. The van der Waals surface area contributed by atoms with Crippen LogP contribution < -0.4 is 0 Å². The molecule has 0 spiro atoms. The molecule has 0 radical (unpaired) electrons. The van der Waals surface area contributed by atoms with Gasteiger partial charge in [-0.25, -0.2) is 0 Å². The number of hydrogen-bond donors (Lipinski definition) is 1. The topological polar surface area (TPSA) is 43.8 Å². The molecule has 0 amide bonds. The van der Waals surface area contributed by atoms with Crippen LogP contribution in [-0.2, 0) is 4.79 Å². The molecule has 0 saturated carbocycles. The molecule has 4 nitrogen and oxygen atoms in total. The Labute approximate surface area is 103 Å². The zero-order valence-corrected chi connectivity index (χ0v) is 10.5. The van der Waals surface area contributed by atoms with Crippen LogP contribution in [0.15, 0.2) is 0 Å². The van der Waals surface area contributed by atoms with Crippen molar-refractivity contribution < 1.29 is 9.90 Å². The van der Waals surface area contributed by atoms with Gasteiger partial charge in [0.2, 0.25) is 0 Å². The second-order valence-electron chi connectivity index (χ2n) is 6.08. The average Bonchev–Trinajstić information content (AvgIpc) is 2.73.